The Hall–Kier alpha value is -2.08. The van der Waals surface area contributed by atoms with Crippen LogP contribution in [-0.2, 0) is 9.47 Å². The second-order valence-corrected chi connectivity index (χ2v) is 7.26. The van der Waals surface area contributed by atoms with Gasteiger partial charge < -0.3 is 14.2 Å². The zero-order valence-corrected chi connectivity index (χ0v) is 14.9. The van der Waals surface area contributed by atoms with Gasteiger partial charge in [-0.15, -0.1) is 0 Å². The third kappa shape index (κ3) is 4.47. The maximum Gasteiger partial charge on any atom is 0.413 e. The van der Waals surface area contributed by atoms with Crippen LogP contribution in [0.5, 0.6) is 5.75 Å². The van der Waals surface area contributed by atoms with Crippen molar-refractivity contribution < 1.29 is 23.8 Å². The van der Waals surface area contributed by atoms with E-state index < -0.39 is 17.4 Å². The highest BCUT2D eigenvalue weighted by Gasteiger charge is 2.46. The van der Waals surface area contributed by atoms with Gasteiger partial charge in [-0.25, -0.2) is 4.79 Å². The van der Waals surface area contributed by atoms with Crippen LogP contribution in [-0.4, -0.2) is 47.9 Å². The van der Waals surface area contributed by atoms with E-state index in [9.17, 15) is 9.59 Å². The van der Waals surface area contributed by atoms with Crippen molar-refractivity contribution in [3.05, 3.63) is 29.8 Å². The highest BCUT2D eigenvalue weighted by atomic mass is 16.6. The lowest BCUT2D eigenvalue weighted by Gasteiger charge is -2.35. The molecule has 1 aromatic rings. The van der Waals surface area contributed by atoms with Crippen LogP contribution >= 0.6 is 0 Å². The monoisotopic (exact) mass is 335 g/mol. The third-order valence-corrected chi connectivity index (χ3v) is 3.60. The van der Waals surface area contributed by atoms with Crippen molar-refractivity contribution in [1.29, 1.82) is 0 Å². The molecule has 0 saturated carbocycles. The number of amides is 1. The molecule has 1 unspecified atom stereocenters. The molecule has 0 N–H and O–H groups in total. The van der Waals surface area contributed by atoms with E-state index in [4.69, 9.17) is 14.2 Å². The summed E-state index contributed by atoms with van der Waals surface area (Å²) in [5.74, 6) is 0.577. The summed E-state index contributed by atoms with van der Waals surface area (Å²) in [5.41, 5.74) is -0.806. The molecule has 1 aliphatic rings. The summed E-state index contributed by atoms with van der Waals surface area (Å²) in [6, 6.07) is 6.61. The molecule has 1 atom stereocenters. The van der Waals surface area contributed by atoms with Crippen LogP contribution in [0.4, 0.5) is 4.79 Å². The molecule has 0 aromatic heterocycles. The largest absolute Gasteiger partial charge is 0.491 e. The zero-order valence-electron chi connectivity index (χ0n) is 14.9. The van der Waals surface area contributed by atoms with Crippen LogP contribution in [0, 0.1) is 0 Å². The van der Waals surface area contributed by atoms with Crippen LogP contribution in [0.3, 0.4) is 0 Å². The van der Waals surface area contributed by atoms with Crippen LogP contribution in [0.25, 0.3) is 0 Å². The average molecular weight is 335 g/mol. The number of carbonyl (C=O) groups excluding carboxylic acids is 2. The Bertz CT molecular complexity index is 606. The van der Waals surface area contributed by atoms with Gasteiger partial charge in [-0.3, -0.25) is 9.69 Å². The van der Waals surface area contributed by atoms with E-state index in [0.717, 1.165) is 6.29 Å². The Morgan fingerprint density at radius 1 is 1.42 bits per heavy atom. The smallest absolute Gasteiger partial charge is 0.413 e. The topological polar surface area (TPSA) is 65.1 Å². The maximum atomic E-state index is 12.5. The van der Waals surface area contributed by atoms with Crippen molar-refractivity contribution in [2.75, 3.05) is 13.2 Å². The summed E-state index contributed by atoms with van der Waals surface area (Å²) in [4.78, 5) is 24.9. The number of aldehydes is 1. The lowest BCUT2D eigenvalue weighted by molar-refractivity contribution is -0.0637. The Balaban J connectivity index is 2.07. The highest BCUT2D eigenvalue weighted by molar-refractivity contribution is 5.75. The van der Waals surface area contributed by atoms with Gasteiger partial charge in [0, 0.05) is 5.56 Å². The summed E-state index contributed by atoms with van der Waals surface area (Å²) in [6.07, 6.45) is 0.335. The molecule has 1 heterocycles. The fraction of sp³-hybridized carbons (Fsp3) is 0.556. The summed E-state index contributed by atoms with van der Waals surface area (Å²) < 4.78 is 17.0. The summed E-state index contributed by atoms with van der Waals surface area (Å²) in [7, 11) is 0. The quantitative estimate of drug-likeness (QED) is 0.790. The molecule has 1 amide bonds. The molecule has 132 valence electrons. The van der Waals surface area contributed by atoms with Crippen molar-refractivity contribution in [1.82, 2.24) is 4.90 Å². The van der Waals surface area contributed by atoms with E-state index in [1.54, 1.807) is 29.2 Å². The minimum Gasteiger partial charge on any atom is -0.491 e. The lowest BCUT2D eigenvalue weighted by atomic mass is 10.2. The van der Waals surface area contributed by atoms with Crippen LogP contribution < -0.4 is 4.74 Å². The van der Waals surface area contributed by atoms with E-state index in [2.05, 4.69) is 0 Å². The molecule has 0 spiro atoms. The second-order valence-electron chi connectivity index (χ2n) is 7.26. The third-order valence-electron chi connectivity index (χ3n) is 3.60. The van der Waals surface area contributed by atoms with E-state index in [0.29, 0.717) is 17.9 Å². The fourth-order valence-corrected chi connectivity index (χ4v) is 2.56. The molecular weight excluding hydrogens is 310 g/mol. The Morgan fingerprint density at radius 3 is 2.75 bits per heavy atom. The Labute approximate surface area is 142 Å². The molecule has 24 heavy (non-hydrogen) atoms. The van der Waals surface area contributed by atoms with Gasteiger partial charge >= 0.3 is 6.09 Å². The number of hydrogen-bond acceptors (Lipinski definition) is 5. The SMILES string of the molecule is CC(C)(C)OC(=O)N1C(COc2cccc(C=O)c2)COC1(C)C. The number of rotatable bonds is 4. The van der Waals surface area contributed by atoms with E-state index in [1.165, 1.54) is 0 Å². The number of nitrogens with zero attached hydrogens (tertiary/aromatic N) is 1. The van der Waals surface area contributed by atoms with E-state index in [-0.39, 0.29) is 12.6 Å². The Morgan fingerprint density at radius 2 is 2.12 bits per heavy atom. The molecule has 1 fully saturated rings. The lowest BCUT2D eigenvalue weighted by Crippen LogP contribution is -2.51. The van der Waals surface area contributed by atoms with Crippen molar-refractivity contribution in [2.24, 2.45) is 0 Å². The highest BCUT2D eigenvalue weighted by Crippen LogP contribution is 2.29. The van der Waals surface area contributed by atoms with Crippen molar-refractivity contribution >= 4 is 12.4 Å². The van der Waals surface area contributed by atoms with Gasteiger partial charge in [-0.1, -0.05) is 12.1 Å². The van der Waals surface area contributed by atoms with Crippen LogP contribution in [0.1, 0.15) is 45.0 Å². The first-order chi connectivity index (χ1) is 11.1. The second kappa shape index (κ2) is 6.81. The molecule has 2 rings (SSSR count). The fourth-order valence-electron chi connectivity index (χ4n) is 2.56. The standard InChI is InChI=1S/C18H25NO5/c1-17(2,3)24-16(21)19-14(12-23-18(19,4)5)11-22-15-8-6-7-13(9-15)10-20/h6-10,14H,11-12H2,1-5H3. The molecular formula is C18H25NO5. The average Bonchev–Trinajstić information content (AvgIpc) is 2.78. The first-order valence-corrected chi connectivity index (χ1v) is 7.97. The van der Waals surface area contributed by atoms with Gasteiger partial charge in [0.25, 0.3) is 0 Å². The number of ether oxygens (including phenoxy) is 3. The molecule has 6 nitrogen and oxygen atoms in total. The molecule has 1 aromatic carbocycles. The van der Waals surface area contributed by atoms with Crippen LogP contribution in [0.2, 0.25) is 0 Å². The first-order valence-electron chi connectivity index (χ1n) is 7.97. The molecule has 0 radical (unpaired) electrons. The van der Waals surface area contributed by atoms with E-state index in [1.807, 2.05) is 34.6 Å². The number of hydrogen-bond donors (Lipinski definition) is 0. The predicted octanol–water partition coefficient (Wildman–Crippen LogP) is 3.25. The number of carbonyl (C=O) groups is 2. The predicted molar refractivity (Wildman–Crippen MR) is 89.2 cm³/mol. The van der Waals surface area contributed by atoms with Crippen molar-refractivity contribution in [3.63, 3.8) is 0 Å². The van der Waals surface area contributed by atoms with Crippen LogP contribution in [0.15, 0.2) is 24.3 Å². The van der Waals surface area contributed by atoms with Gasteiger partial charge in [-0.05, 0) is 46.8 Å². The first kappa shape index (κ1) is 18.3. The molecule has 1 saturated heterocycles. The minimum absolute atomic E-state index is 0.255. The molecule has 1 aliphatic heterocycles. The van der Waals surface area contributed by atoms with Gasteiger partial charge in [-0.2, -0.15) is 0 Å². The molecule has 6 heteroatoms. The Kier molecular flexibility index (Phi) is 5.18. The minimum atomic E-state index is -0.763. The van der Waals surface area contributed by atoms with Crippen molar-refractivity contribution in [3.8, 4) is 5.75 Å². The van der Waals surface area contributed by atoms with Crippen molar-refractivity contribution in [2.45, 2.75) is 52.0 Å². The molecule has 0 bridgehead atoms. The summed E-state index contributed by atoms with van der Waals surface area (Å²) in [5, 5.41) is 0. The summed E-state index contributed by atoms with van der Waals surface area (Å²) in [6.45, 7) is 9.74. The van der Waals surface area contributed by atoms with Gasteiger partial charge in [0.1, 0.15) is 30.0 Å². The van der Waals surface area contributed by atoms with Gasteiger partial charge in [0.05, 0.1) is 12.6 Å². The normalized spacial score (nSPS) is 19.9. The van der Waals surface area contributed by atoms with Gasteiger partial charge in [0.15, 0.2) is 0 Å². The molecule has 0 aliphatic carbocycles. The van der Waals surface area contributed by atoms with Gasteiger partial charge in [0.2, 0.25) is 0 Å². The van der Waals surface area contributed by atoms with E-state index >= 15 is 0 Å². The summed E-state index contributed by atoms with van der Waals surface area (Å²) >= 11 is 0. The zero-order chi connectivity index (χ0) is 18.0. The maximum absolute atomic E-state index is 12.5. The number of benzene rings is 1.